The van der Waals surface area contributed by atoms with E-state index in [0.29, 0.717) is 11.3 Å². The fraction of sp³-hybridized carbons (Fsp3) is 0.350. The highest BCUT2D eigenvalue weighted by molar-refractivity contribution is 5.98. The van der Waals surface area contributed by atoms with E-state index in [4.69, 9.17) is 0 Å². The molecule has 1 aliphatic rings. The van der Waals surface area contributed by atoms with Gasteiger partial charge >= 0.3 is 0 Å². The molecule has 1 saturated carbocycles. The second-order valence-electron chi connectivity index (χ2n) is 7.14. The summed E-state index contributed by atoms with van der Waals surface area (Å²) in [5.41, 5.74) is 3.12. The van der Waals surface area contributed by atoms with Gasteiger partial charge in [-0.05, 0) is 45.2 Å². The standard InChI is InChI=1S/C20H23N7O/c1-13-6-7-18(27-23-8-9-24-27)15(10-13)20(28)26-17-5-3-4-16(17)25-19-12-21-14(2)11-22-19/h6-12,16-17H,3-5H2,1-2H3,(H,22,25)(H,26,28)/t16-,17-/m0/s1. The van der Waals surface area contributed by atoms with Crippen LogP contribution in [0.25, 0.3) is 5.69 Å². The molecular weight excluding hydrogens is 354 g/mol. The molecule has 28 heavy (non-hydrogen) atoms. The molecule has 0 bridgehead atoms. The molecular formula is C20H23N7O. The number of amides is 1. The number of hydrogen-bond acceptors (Lipinski definition) is 6. The van der Waals surface area contributed by atoms with E-state index in [1.54, 1.807) is 24.8 Å². The number of nitrogens with zero attached hydrogens (tertiary/aromatic N) is 5. The van der Waals surface area contributed by atoms with E-state index in [-0.39, 0.29) is 18.0 Å². The Morgan fingerprint density at radius 2 is 1.86 bits per heavy atom. The Morgan fingerprint density at radius 1 is 1.07 bits per heavy atom. The average Bonchev–Trinajstić information content (AvgIpc) is 3.36. The lowest BCUT2D eigenvalue weighted by Crippen LogP contribution is -2.43. The van der Waals surface area contributed by atoms with Crippen molar-refractivity contribution in [3.05, 3.63) is 59.8 Å². The van der Waals surface area contributed by atoms with Gasteiger partial charge in [-0.1, -0.05) is 11.6 Å². The van der Waals surface area contributed by atoms with Crippen LogP contribution in [0.1, 0.15) is 40.9 Å². The van der Waals surface area contributed by atoms with E-state index in [9.17, 15) is 4.79 Å². The van der Waals surface area contributed by atoms with E-state index >= 15 is 0 Å². The predicted octanol–water partition coefficient (Wildman–Crippen LogP) is 2.44. The van der Waals surface area contributed by atoms with Crippen molar-refractivity contribution in [2.24, 2.45) is 0 Å². The zero-order valence-corrected chi connectivity index (χ0v) is 16.0. The Morgan fingerprint density at radius 3 is 2.61 bits per heavy atom. The maximum atomic E-state index is 13.1. The van der Waals surface area contributed by atoms with E-state index in [1.807, 2.05) is 32.0 Å². The SMILES string of the molecule is Cc1ccc(-n2nccn2)c(C(=O)N[C@H]2CCC[C@@H]2Nc2cnc(C)cn2)c1. The summed E-state index contributed by atoms with van der Waals surface area (Å²) < 4.78 is 0. The maximum absolute atomic E-state index is 13.1. The molecule has 2 aromatic heterocycles. The molecule has 8 nitrogen and oxygen atoms in total. The summed E-state index contributed by atoms with van der Waals surface area (Å²) in [5.74, 6) is 0.610. The van der Waals surface area contributed by atoms with Crippen molar-refractivity contribution in [1.82, 2.24) is 30.3 Å². The third-order valence-electron chi connectivity index (χ3n) is 4.98. The molecule has 2 atom stereocenters. The molecule has 1 aromatic carbocycles. The monoisotopic (exact) mass is 377 g/mol. The van der Waals surface area contributed by atoms with Crippen molar-refractivity contribution in [3.63, 3.8) is 0 Å². The van der Waals surface area contributed by atoms with E-state index in [1.165, 1.54) is 4.80 Å². The highest BCUT2D eigenvalue weighted by Crippen LogP contribution is 2.23. The first-order valence-electron chi connectivity index (χ1n) is 9.43. The highest BCUT2D eigenvalue weighted by Gasteiger charge is 2.30. The summed E-state index contributed by atoms with van der Waals surface area (Å²) in [6.45, 7) is 3.87. The van der Waals surface area contributed by atoms with Gasteiger partial charge in [0.25, 0.3) is 5.91 Å². The molecule has 8 heteroatoms. The number of nitrogens with one attached hydrogen (secondary N) is 2. The molecule has 2 heterocycles. The number of aromatic nitrogens is 5. The lowest BCUT2D eigenvalue weighted by atomic mass is 10.1. The van der Waals surface area contributed by atoms with Crippen LogP contribution in [0.15, 0.2) is 43.0 Å². The predicted molar refractivity (Wildman–Crippen MR) is 105 cm³/mol. The maximum Gasteiger partial charge on any atom is 0.253 e. The first-order chi connectivity index (χ1) is 13.6. The second kappa shape index (κ2) is 7.75. The van der Waals surface area contributed by atoms with Crippen LogP contribution in [-0.2, 0) is 0 Å². The molecule has 4 rings (SSSR count). The lowest BCUT2D eigenvalue weighted by Gasteiger charge is -2.23. The molecule has 0 spiro atoms. The normalized spacial score (nSPS) is 18.8. The fourth-order valence-corrected chi connectivity index (χ4v) is 3.56. The first kappa shape index (κ1) is 18.1. The zero-order chi connectivity index (χ0) is 19.5. The molecule has 0 saturated heterocycles. The third kappa shape index (κ3) is 3.85. The van der Waals surface area contributed by atoms with Gasteiger partial charge in [0.05, 0.1) is 41.7 Å². The smallest absolute Gasteiger partial charge is 0.253 e. The minimum atomic E-state index is -0.121. The number of benzene rings is 1. The Balaban J connectivity index is 1.51. The van der Waals surface area contributed by atoms with E-state index in [0.717, 1.165) is 36.3 Å². The van der Waals surface area contributed by atoms with Crippen molar-refractivity contribution < 1.29 is 4.79 Å². The van der Waals surface area contributed by atoms with Gasteiger partial charge in [0.1, 0.15) is 5.82 Å². The quantitative estimate of drug-likeness (QED) is 0.709. The minimum absolute atomic E-state index is 0.0227. The summed E-state index contributed by atoms with van der Waals surface area (Å²) in [6, 6.07) is 5.84. The van der Waals surface area contributed by atoms with Crippen LogP contribution in [0.5, 0.6) is 0 Å². The number of anilines is 1. The molecule has 144 valence electrons. The van der Waals surface area contributed by atoms with Gasteiger partial charge in [0, 0.05) is 12.1 Å². The van der Waals surface area contributed by atoms with Gasteiger partial charge in [-0.25, -0.2) is 4.98 Å². The number of hydrogen-bond donors (Lipinski definition) is 2. The molecule has 2 N–H and O–H groups in total. The van der Waals surface area contributed by atoms with Gasteiger partial charge in [-0.3, -0.25) is 9.78 Å². The third-order valence-corrected chi connectivity index (χ3v) is 4.98. The number of carbonyl (C=O) groups excluding carboxylic acids is 1. The zero-order valence-electron chi connectivity index (χ0n) is 16.0. The van der Waals surface area contributed by atoms with Crippen molar-refractivity contribution >= 4 is 11.7 Å². The van der Waals surface area contributed by atoms with E-state index < -0.39 is 0 Å². The highest BCUT2D eigenvalue weighted by atomic mass is 16.1. The van der Waals surface area contributed by atoms with Gasteiger partial charge in [0.15, 0.2) is 0 Å². The van der Waals surface area contributed by atoms with Gasteiger partial charge in [0.2, 0.25) is 0 Å². The van der Waals surface area contributed by atoms with Crippen LogP contribution in [-0.4, -0.2) is 43.0 Å². The minimum Gasteiger partial charge on any atom is -0.364 e. The Kier molecular flexibility index (Phi) is 5.01. The van der Waals surface area contributed by atoms with Gasteiger partial charge in [-0.15, -0.1) is 0 Å². The summed E-state index contributed by atoms with van der Waals surface area (Å²) in [7, 11) is 0. The van der Waals surface area contributed by atoms with Crippen LogP contribution in [0, 0.1) is 13.8 Å². The van der Waals surface area contributed by atoms with Crippen molar-refractivity contribution in [1.29, 1.82) is 0 Å². The van der Waals surface area contributed by atoms with Gasteiger partial charge in [-0.2, -0.15) is 15.0 Å². The molecule has 0 unspecified atom stereocenters. The second-order valence-corrected chi connectivity index (χ2v) is 7.14. The van der Waals surface area contributed by atoms with Crippen molar-refractivity contribution in [2.45, 2.75) is 45.2 Å². The summed E-state index contributed by atoms with van der Waals surface area (Å²) >= 11 is 0. The lowest BCUT2D eigenvalue weighted by molar-refractivity contribution is 0.0935. The molecule has 0 aliphatic heterocycles. The molecule has 0 radical (unpaired) electrons. The Bertz CT molecular complexity index is 953. The number of carbonyl (C=O) groups is 1. The van der Waals surface area contributed by atoms with Gasteiger partial charge < -0.3 is 10.6 Å². The van der Waals surface area contributed by atoms with Crippen LogP contribution in [0.2, 0.25) is 0 Å². The molecule has 3 aromatic rings. The largest absolute Gasteiger partial charge is 0.364 e. The summed E-state index contributed by atoms with van der Waals surface area (Å²) in [5, 5.41) is 14.9. The topological polar surface area (TPSA) is 97.6 Å². The molecule has 1 aliphatic carbocycles. The fourth-order valence-electron chi connectivity index (χ4n) is 3.56. The number of rotatable bonds is 5. The molecule has 1 amide bonds. The summed E-state index contributed by atoms with van der Waals surface area (Å²) in [4.78, 5) is 23.2. The van der Waals surface area contributed by atoms with Crippen LogP contribution < -0.4 is 10.6 Å². The first-order valence-corrected chi connectivity index (χ1v) is 9.43. The van der Waals surface area contributed by atoms with Crippen molar-refractivity contribution in [3.8, 4) is 5.69 Å². The average molecular weight is 377 g/mol. The van der Waals surface area contributed by atoms with Crippen molar-refractivity contribution in [2.75, 3.05) is 5.32 Å². The Labute approximate surface area is 163 Å². The van der Waals surface area contributed by atoms with Crippen LogP contribution in [0.4, 0.5) is 5.82 Å². The Hall–Kier alpha value is -3.29. The van der Waals surface area contributed by atoms with Crippen LogP contribution >= 0.6 is 0 Å². The van der Waals surface area contributed by atoms with E-state index in [2.05, 4.69) is 30.8 Å². The summed E-state index contributed by atoms with van der Waals surface area (Å²) in [6.07, 6.45) is 9.60. The number of aryl methyl sites for hydroxylation is 2. The molecule has 1 fully saturated rings. The van der Waals surface area contributed by atoms with Crippen LogP contribution in [0.3, 0.4) is 0 Å².